The topological polar surface area (TPSA) is 79.9 Å². The molecule has 1 aliphatic carbocycles. The van der Waals surface area contributed by atoms with Gasteiger partial charge in [0.05, 0.1) is 32.0 Å². The van der Waals surface area contributed by atoms with Crippen molar-refractivity contribution in [1.82, 2.24) is 4.90 Å². The van der Waals surface area contributed by atoms with Crippen LogP contribution in [0.25, 0.3) is 0 Å². The Balaban J connectivity index is 1.54. The summed E-state index contributed by atoms with van der Waals surface area (Å²) in [5, 5.41) is 6.65. The highest BCUT2D eigenvalue weighted by Crippen LogP contribution is 2.40. The third kappa shape index (κ3) is 4.91. The largest absolute Gasteiger partial charge is 0.497 e. The zero-order chi connectivity index (χ0) is 22.7. The Morgan fingerprint density at radius 2 is 2.00 bits per heavy atom. The first kappa shape index (κ1) is 22.6. The molecule has 2 amide bonds. The third-order valence-electron chi connectivity index (χ3n) is 6.16. The molecule has 1 aromatic carbocycles. The number of nitrogens with one attached hydrogen (secondary N) is 2. The second-order valence-corrected chi connectivity index (χ2v) is 9.72. The van der Waals surface area contributed by atoms with Crippen molar-refractivity contribution in [3.8, 4) is 11.5 Å². The van der Waals surface area contributed by atoms with Gasteiger partial charge in [-0.25, -0.2) is 0 Å². The molecular weight excluding hydrogens is 426 g/mol. The molecule has 1 saturated heterocycles. The zero-order valence-electron chi connectivity index (χ0n) is 19.0. The number of amides is 2. The van der Waals surface area contributed by atoms with E-state index in [0.29, 0.717) is 40.2 Å². The minimum absolute atomic E-state index is 0.0629. The van der Waals surface area contributed by atoms with Crippen LogP contribution in [-0.2, 0) is 17.6 Å². The lowest BCUT2D eigenvalue weighted by Gasteiger charge is -2.30. The number of ether oxygens (including phenoxy) is 2. The molecule has 7 nitrogen and oxygen atoms in total. The van der Waals surface area contributed by atoms with E-state index in [2.05, 4.69) is 22.5 Å². The van der Waals surface area contributed by atoms with Crippen LogP contribution in [0.4, 0.5) is 10.7 Å². The predicted octanol–water partition coefficient (Wildman–Crippen LogP) is 4.18. The summed E-state index contributed by atoms with van der Waals surface area (Å²) < 4.78 is 10.7. The molecule has 1 fully saturated rings. The SMILES string of the molecule is COc1ccc(OC)c(NC(=O)c2c(NC(=O)CN3CCCC(C)C3)sc3c2CCC3)c1. The Morgan fingerprint density at radius 3 is 2.75 bits per heavy atom. The van der Waals surface area contributed by atoms with Gasteiger partial charge in [0.25, 0.3) is 5.91 Å². The lowest BCUT2D eigenvalue weighted by Crippen LogP contribution is -2.39. The molecule has 2 N–H and O–H groups in total. The molecule has 2 aliphatic rings. The smallest absolute Gasteiger partial charge is 0.259 e. The molecular formula is C24H31N3O4S. The van der Waals surface area contributed by atoms with Crippen LogP contribution in [0.15, 0.2) is 18.2 Å². The quantitative estimate of drug-likeness (QED) is 0.652. The number of nitrogens with zero attached hydrogens (tertiary/aromatic N) is 1. The number of rotatable bonds is 7. The van der Waals surface area contributed by atoms with Crippen LogP contribution in [0.1, 0.15) is 47.0 Å². The van der Waals surface area contributed by atoms with Gasteiger partial charge < -0.3 is 20.1 Å². The Hall–Kier alpha value is -2.58. The van der Waals surface area contributed by atoms with E-state index in [1.54, 1.807) is 32.4 Å². The summed E-state index contributed by atoms with van der Waals surface area (Å²) in [6, 6.07) is 5.28. The van der Waals surface area contributed by atoms with Crippen LogP contribution >= 0.6 is 11.3 Å². The predicted molar refractivity (Wildman–Crippen MR) is 127 cm³/mol. The van der Waals surface area contributed by atoms with Crippen LogP contribution in [0.2, 0.25) is 0 Å². The normalized spacial score (nSPS) is 18.2. The summed E-state index contributed by atoms with van der Waals surface area (Å²) in [7, 11) is 3.14. The minimum Gasteiger partial charge on any atom is -0.497 e. The molecule has 2 heterocycles. The van der Waals surface area contributed by atoms with Crippen LogP contribution in [0, 0.1) is 5.92 Å². The molecule has 1 unspecified atom stereocenters. The Kier molecular flexibility index (Phi) is 7.01. The van der Waals surface area contributed by atoms with Crippen LogP contribution < -0.4 is 20.1 Å². The first-order chi connectivity index (χ1) is 15.5. The number of likely N-dealkylation sites (tertiary alicyclic amines) is 1. The van der Waals surface area contributed by atoms with Crippen molar-refractivity contribution in [2.24, 2.45) is 5.92 Å². The number of piperidine rings is 1. The second-order valence-electron chi connectivity index (χ2n) is 8.61. The van der Waals surface area contributed by atoms with E-state index in [1.807, 2.05) is 0 Å². The van der Waals surface area contributed by atoms with Crippen molar-refractivity contribution >= 4 is 33.8 Å². The summed E-state index contributed by atoms with van der Waals surface area (Å²) in [5.74, 6) is 1.49. The zero-order valence-corrected chi connectivity index (χ0v) is 19.8. The maximum absolute atomic E-state index is 13.4. The molecule has 1 aliphatic heterocycles. The maximum atomic E-state index is 13.4. The first-order valence-corrected chi connectivity index (χ1v) is 12.0. The van der Waals surface area contributed by atoms with E-state index in [9.17, 15) is 9.59 Å². The van der Waals surface area contributed by atoms with Crippen molar-refractivity contribution in [3.63, 3.8) is 0 Å². The number of aryl methyl sites for hydroxylation is 1. The molecule has 2 aromatic rings. The van der Waals surface area contributed by atoms with E-state index >= 15 is 0 Å². The van der Waals surface area contributed by atoms with Crippen LogP contribution in [0.5, 0.6) is 11.5 Å². The standard InChI is InChI=1S/C24H31N3O4S/c1-15-6-5-11-27(13-15)14-21(28)26-24-22(17-7-4-8-20(17)32-24)23(29)25-18-12-16(30-2)9-10-19(18)31-3/h9-10,12,15H,4-8,11,13-14H2,1-3H3,(H,25,29)(H,26,28). The van der Waals surface area contributed by atoms with Crippen molar-refractivity contribution in [3.05, 3.63) is 34.2 Å². The summed E-state index contributed by atoms with van der Waals surface area (Å²) >= 11 is 1.53. The number of methoxy groups -OCH3 is 2. The number of carbonyl (C=O) groups excluding carboxylic acids is 2. The highest BCUT2D eigenvalue weighted by molar-refractivity contribution is 7.17. The molecule has 8 heteroatoms. The average molecular weight is 458 g/mol. The third-order valence-corrected chi connectivity index (χ3v) is 7.37. The van der Waals surface area contributed by atoms with Crippen LogP contribution in [-0.4, -0.2) is 50.6 Å². The molecule has 1 aromatic heterocycles. The van der Waals surface area contributed by atoms with E-state index in [0.717, 1.165) is 44.3 Å². The van der Waals surface area contributed by atoms with Gasteiger partial charge >= 0.3 is 0 Å². The molecule has 0 saturated carbocycles. The lowest BCUT2D eigenvalue weighted by atomic mass is 10.0. The number of hydrogen-bond donors (Lipinski definition) is 2. The molecule has 4 rings (SSSR count). The summed E-state index contributed by atoms with van der Waals surface area (Å²) in [6.45, 7) is 4.47. The monoisotopic (exact) mass is 457 g/mol. The van der Waals surface area contributed by atoms with Gasteiger partial charge in [-0.1, -0.05) is 6.92 Å². The fourth-order valence-corrected chi connectivity index (χ4v) is 5.93. The fourth-order valence-electron chi connectivity index (χ4n) is 4.63. The summed E-state index contributed by atoms with van der Waals surface area (Å²) in [4.78, 5) is 29.6. The Morgan fingerprint density at radius 1 is 1.16 bits per heavy atom. The van der Waals surface area contributed by atoms with Gasteiger partial charge in [-0.2, -0.15) is 0 Å². The Labute approximate surface area is 193 Å². The number of hydrogen-bond acceptors (Lipinski definition) is 6. The van der Waals surface area contributed by atoms with Crippen molar-refractivity contribution in [1.29, 1.82) is 0 Å². The first-order valence-electron chi connectivity index (χ1n) is 11.2. The van der Waals surface area contributed by atoms with E-state index in [1.165, 1.54) is 22.6 Å². The van der Waals surface area contributed by atoms with E-state index in [-0.39, 0.29) is 11.8 Å². The summed E-state index contributed by atoms with van der Waals surface area (Å²) in [5.41, 5.74) is 2.17. The number of benzene rings is 1. The molecule has 0 bridgehead atoms. The number of anilines is 2. The molecule has 172 valence electrons. The van der Waals surface area contributed by atoms with Gasteiger partial charge in [0, 0.05) is 17.5 Å². The van der Waals surface area contributed by atoms with Gasteiger partial charge in [0.15, 0.2) is 0 Å². The molecule has 32 heavy (non-hydrogen) atoms. The van der Waals surface area contributed by atoms with Crippen molar-refractivity contribution in [2.45, 2.75) is 39.0 Å². The minimum atomic E-state index is -0.238. The summed E-state index contributed by atoms with van der Waals surface area (Å²) in [6.07, 6.45) is 5.17. The molecule has 1 atom stereocenters. The number of fused-ring (bicyclic) bond motifs is 1. The van der Waals surface area contributed by atoms with Gasteiger partial charge in [0.1, 0.15) is 16.5 Å². The van der Waals surface area contributed by atoms with Gasteiger partial charge in [-0.15, -0.1) is 11.3 Å². The van der Waals surface area contributed by atoms with Crippen molar-refractivity contribution in [2.75, 3.05) is 44.5 Å². The van der Waals surface area contributed by atoms with E-state index in [4.69, 9.17) is 9.47 Å². The van der Waals surface area contributed by atoms with Crippen molar-refractivity contribution < 1.29 is 19.1 Å². The van der Waals surface area contributed by atoms with Gasteiger partial charge in [0.2, 0.25) is 5.91 Å². The average Bonchev–Trinajstić information content (AvgIpc) is 3.34. The number of carbonyl (C=O) groups is 2. The highest BCUT2D eigenvalue weighted by atomic mass is 32.1. The maximum Gasteiger partial charge on any atom is 0.259 e. The second kappa shape index (κ2) is 9.92. The molecule has 0 spiro atoms. The van der Waals surface area contributed by atoms with Gasteiger partial charge in [-0.3, -0.25) is 14.5 Å². The lowest BCUT2D eigenvalue weighted by molar-refractivity contribution is -0.117. The van der Waals surface area contributed by atoms with E-state index < -0.39 is 0 Å². The Bertz CT molecular complexity index is 1000. The number of thiophene rings is 1. The van der Waals surface area contributed by atoms with Crippen LogP contribution in [0.3, 0.4) is 0 Å². The molecule has 0 radical (unpaired) electrons. The van der Waals surface area contributed by atoms with Gasteiger partial charge in [-0.05, 0) is 62.3 Å². The highest BCUT2D eigenvalue weighted by Gasteiger charge is 2.28. The fraction of sp³-hybridized carbons (Fsp3) is 0.500.